The molecule has 17 heavy (non-hydrogen) atoms. The number of nitrogens with one attached hydrogen (secondary N) is 1. The Bertz CT molecular complexity index is 493. The largest absolute Gasteiger partial charge is 0.381 e. The van der Waals surface area contributed by atoms with Gasteiger partial charge in [0, 0.05) is 11.9 Å². The van der Waals surface area contributed by atoms with E-state index in [2.05, 4.69) is 22.1 Å². The van der Waals surface area contributed by atoms with E-state index in [4.69, 9.17) is 4.74 Å². The van der Waals surface area contributed by atoms with Gasteiger partial charge < -0.3 is 10.1 Å². The van der Waals surface area contributed by atoms with Crippen molar-refractivity contribution < 1.29 is 4.74 Å². The Kier molecular flexibility index (Phi) is 4.05. The molecule has 88 valence electrons. The average molecular weight is 229 g/mol. The molecule has 1 N–H and O–H groups in total. The van der Waals surface area contributed by atoms with Gasteiger partial charge >= 0.3 is 0 Å². The van der Waals surface area contributed by atoms with Crippen LogP contribution in [0.25, 0.3) is 10.9 Å². The second kappa shape index (κ2) is 5.96. The maximum Gasteiger partial charge on any atom is 0.0950 e. The van der Waals surface area contributed by atoms with Crippen LogP contribution in [0.1, 0.15) is 0 Å². The number of hydrogen-bond donors (Lipinski definition) is 1. The monoisotopic (exact) mass is 229 g/mol. The molecule has 0 aliphatic carbocycles. The minimum absolute atomic E-state index is 0.580. The van der Waals surface area contributed by atoms with E-state index in [1.165, 1.54) is 0 Å². The van der Waals surface area contributed by atoms with Crippen LogP contribution in [-0.2, 0) is 4.74 Å². The molecule has 1 heterocycles. The molecule has 2 rings (SSSR count). The fourth-order valence-corrected chi connectivity index (χ4v) is 1.57. The van der Waals surface area contributed by atoms with E-state index < -0.39 is 0 Å². The van der Waals surface area contributed by atoms with Crippen LogP contribution >= 0.6 is 0 Å². The van der Waals surface area contributed by atoms with Gasteiger partial charge in [-0.3, -0.25) is 0 Å². The van der Waals surface area contributed by atoms with Gasteiger partial charge in [-0.15, -0.1) is 6.58 Å². The van der Waals surface area contributed by atoms with Gasteiger partial charge in [0.2, 0.25) is 0 Å². The third-order valence-electron chi connectivity index (χ3n) is 2.34. The van der Waals surface area contributed by atoms with Crippen molar-refractivity contribution in [1.29, 1.82) is 0 Å². The molecule has 0 fully saturated rings. The zero-order chi connectivity index (χ0) is 11.9. The first kappa shape index (κ1) is 11.5. The highest BCUT2D eigenvalue weighted by atomic mass is 16.5. The van der Waals surface area contributed by atoms with Crippen molar-refractivity contribution in [2.75, 3.05) is 25.1 Å². The fraction of sp³-hybridized carbons (Fsp3) is 0.231. The van der Waals surface area contributed by atoms with E-state index >= 15 is 0 Å². The Balaban J connectivity index is 2.01. The molecule has 1 aromatic carbocycles. The Morgan fingerprint density at radius 1 is 1.35 bits per heavy atom. The zero-order valence-corrected chi connectivity index (χ0v) is 9.60. The molecule has 4 nitrogen and oxygen atoms in total. The quantitative estimate of drug-likeness (QED) is 0.609. The molecule has 1 aromatic heterocycles. The van der Waals surface area contributed by atoms with Crippen molar-refractivity contribution in [3.8, 4) is 0 Å². The molecule has 2 aromatic rings. The summed E-state index contributed by atoms with van der Waals surface area (Å²) in [5.74, 6) is 0. The van der Waals surface area contributed by atoms with Crippen molar-refractivity contribution in [2.24, 2.45) is 0 Å². The second-order valence-corrected chi connectivity index (χ2v) is 3.57. The van der Waals surface area contributed by atoms with E-state index in [1.54, 1.807) is 12.3 Å². The molecule has 0 spiro atoms. The molecule has 0 aliphatic heterocycles. The Morgan fingerprint density at radius 2 is 2.24 bits per heavy atom. The summed E-state index contributed by atoms with van der Waals surface area (Å²) in [6.07, 6.45) is 3.47. The number of ether oxygens (including phenoxy) is 1. The maximum absolute atomic E-state index is 5.30. The van der Waals surface area contributed by atoms with Crippen molar-refractivity contribution in [3.05, 3.63) is 43.1 Å². The van der Waals surface area contributed by atoms with Gasteiger partial charge in [-0.2, -0.15) is 10.2 Å². The Hall–Kier alpha value is -1.94. The molecule has 0 aliphatic rings. The van der Waals surface area contributed by atoms with Crippen LogP contribution in [0.15, 0.2) is 43.1 Å². The third-order valence-corrected chi connectivity index (χ3v) is 2.34. The number of hydrogen-bond acceptors (Lipinski definition) is 4. The van der Waals surface area contributed by atoms with Crippen LogP contribution < -0.4 is 5.32 Å². The first-order chi connectivity index (χ1) is 8.42. The molecule has 0 saturated heterocycles. The summed E-state index contributed by atoms with van der Waals surface area (Å²) in [5, 5.41) is 12.4. The van der Waals surface area contributed by atoms with E-state index in [0.717, 1.165) is 23.1 Å². The summed E-state index contributed by atoms with van der Waals surface area (Å²) >= 11 is 0. The maximum atomic E-state index is 5.30. The number of anilines is 1. The van der Waals surface area contributed by atoms with Crippen LogP contribution in [0, 0.1) is 0 Å². The van der Waals surface area contributed by atoms with Crippen LogP contribution in [0.5, 0.6) is 0 Å². The van der Waals surface area contributed by atoms with Crippen molar-refractivity contribution >= 4 is 16.6 Å². The molecular weight excluding hydrogens is 214 g/mol. The molecule has 4 heteroatoms. The van der Waals surface area contributed by atoms with Gasteiger partial charge in [-0.25, -0.2) is 0 Å². The number of aromatic nitrogens is 2. The lowest BCUT2D eigenvalue weighted by Gasteiger charge is -2.08. The molecule has 0 atom stereocenters. The highest BCUT2D eigenvalue weighted by molar-refractivity contribution is 5.90. The third kappa shape index (κ3) is 3.01. The lowest BCUT2D eigenvalue weighted by molar-refractivity contribution is 0.173. The van der Waals surface area contributed by atoms with E-state index in [9.17, 15) is 0 Å². The summed E-state index contributed by atoms with van der Waals surface area (Å²) in [6, 6.07) is 7.91. The summed E-state index contributed by atoms with van der Waals surface area (Å²) in [5.41, 5.74) is 1.88. The van der Waals surface area contributed by atoms with Crippen LogP contribution in [0.3, 0.4) is 0 Å². The van der Waals surface area contributed by atoms with Gasteiger partial charge in [0.15, 0.2) is 0 Å². The van der Waals surface area contributed by atoms with Crippen LogP contribution in [0.4, 0.5) is 5.69 Å². The molecule has 0 bridgehead atoms. The summed E-state index contributed by atoms with van der Waals surface area (Å²) in [7, 11) is 0. The van der Waals surface area contributed by atoms with E-state index in [1.807, 2.05) is 24.3 Å². The molecule has 0 saturated carbocycles. The van der Waals surface area contributed by atoms with Gasteiger partial charge in [0.25, 0.3) is 0 Å². The molecule has 0 unspecified atom stereocenters. The predicted molar refractivity (Wildman–Crippen MR) is 69.0 cm³/mol. The predicted octanol–water partition coefficient (Wildman–Crippen LogP) is 2.24. The number of fused-ring (bicyclic) bond motifs is 1. The lowest BCUT2D eigenvalue weighted by Crippen LogP contribution is -2.10. The van der Waals surface area contributed by atoms with E-state index in [-0.39, 0.29) is 0 Å². The molecule has 0 amide bonds. The van der Waals surface area contributed by atoms with Gasteiger partial charge in [-0.1, -0.05) is 24.3 Å². The van der Waals surface area contributed by atoms with Gasteiger partial charge in [0.1, 0.15) is 0 Å². The first-order valence-corrected chi connectivity index (χ1v) is 5.55. The number of benzene rings is 1. The topological polar surface area (TPSA) is 47.0 Å². The number of rotatable bonds is 6. The number of nitrogens with zero attached hydrogens (tertiary/aromatic N) is 2. The van der Waals surface area contributed by atoms with Crippen LogP contribution in [0.2, 0.25) is 0 Å². The first-order valence-electron chi connectivity index (χ1n) is 5.55. The minimum atomic E-state index is 0.580. The van der Waals surface area contributed by atoms with Gasteiger partial charge in [0.05, 0.1) is 30.6 Å². The summed E-state index contributed by atoms with van der Waals surface area (Å²) < 4.78 is 5.30. The summed E-state index contributed by atoms with van der Waals surface area (Å²) in [4.78, 5) is 0. The summed E-state index contributed by atoms with van der Waals surface area (Å²) in [6.45, 7) is 5.56. The second-order valence-electron chi connectivity index (χ2n) is 3.57. The SMILES string of the molecule is C=CCOCCNc1cnnc2ccccc12. The van der Waals surface area contributed by atoms with Crippen LogP contribution in [-0.4, -0.2) is 30.0 Å². The minimum Gasteiger partial charge on any atom is -0.381 e. The highest BCUT2D eigenvalue weighted by Gasteiger charge is 2.00. The Labute approximate surface area is 100 Å². The lowest BCUT2D eigenvalue weighted by atomic mass is 10.2. The van der Waals surface area contributed by atoms with Gasteiger partial charge in [-0.05, 0) is 6.07 Å². The fourth-order valence-electron chi connectivity index (χ4n) is 1.57. The average Bonchev–Trinajstić information content (AvgIpc) is 2.39. The van der Waals surface area contributed by atoms with Crippen molar-refractivity contribution in [2.45, 2.75) is 0 Å². The molecular formula is C13H15N3O. The Morgan fingerprint density at radius 3 is 3.12 bits per heavy atom. The van der Waals surface area contributed by atoms with E-state index in [0.29, 0.717) is 13.2 Å². The van der Waals surface area contributed by atoms with Crippen molar-refractivity contribution in [3.63, 3.8) is 0 Å². The smallest absolute Gasteiger partial charge is 0.0950 e. The van der Waals surface area contributed by atoms with Crippen molar-refractivity contribution in [1.82, 2.24) is 10.2 Å². The highest BCUT2D eigenvalue weighted by Crippen LogP contribution is 2.19. The standard InChI is InChI=1S/C13H15N3O/c1-2-8-17-9-7-14-13-10-15-16-12-6-4-3-5-11(12)13/h2-6,10H,1,7-9H2,(H,14,16). The zero-order valence-electron chi connectivity index (χ0n) is 9.60. The molecule has 0 radical (unpaired) electrons. The normalized spacial score (nSPS) is 10.4.